The minimum Gasteiger partial charge on any atom is -0.366 e. The molecule has 1 fully saturated rings. The number of para-hydroxylation sites is 1. The first-order valence-electron chi connectivity index (χ1n) is 6.74. The summed E-state index contributed by atoms with van der Waals surface area (Å²) in [4.78, 5) is 25.4. The smallest absolute Gasteiger partial charge is 0.250 e. The molecule has 108 valence electrons. The lowest BCUT2D eigenvalue weighted by molar-refractivity contribution is -0.117. The van der Waals surface area contributed by atoms with Crippen molar-refractivity contribution in [3.8, 4) is 0 Å². The quantitative estimate of drug-likeness (QED) is 0.712. The zero-order chi connectivity index (χ0) is 14.5. The van der Waals surface area contributed by atoms with E-state index in [0.29, 0.717) is 17.8 Å². The molecule has 0 bridgehead atoms. The van der Waals surface area contributed by atoms with E-state index in [4.69, 9.17) is 11.5 Å². The molecule has 1 saturated heterocycles. The molecule has 1 aliphatic rings. The van der Waals surface area contributed by atoms with Gasteiger partial charge in [-0.3, -0.25) is 14.5 Å². The second-order valence-corrected chi connectivity index (χ2v) is 4.96. The molecule has 0 saturated carbocycles. The number of hydrogen-bond donors (Lipinski definition) is 3. The van der Waals surface area contributed by atoms with Gasteiger partial charge in [-0.2, -0.15) is 0 Å². The van der Waals surface area contributed by atoms with Gasteiger partial charge in [-0.1, -0.05) is 12.1 Å². The van der Waals surface area contributed by atoms with Crippen LogP contribution in [0.15, 0.2) is 24.3 Å². The molecule has 2 amide bonds. The zero-order valence-electron chi connectivity index (χ0n) is 11.3. The monoisotopic (exact) mass is 276 g/mol. The molecule has 0 radical (unpaired) electrons. The number of nitrogens with one attached hydrogen (secondary N) is 1. The van der Waals surface area contributed by atoms with Gasteiger partial charge in [0.25, 0.3) is 5.91 Å². The van der Waals surface area contributed by atoms with Crippen molar-refractivity contribution >= 4 is 17.5 Å². The second kappa shape index (κ2) is 6.49. The number of amides is 2. The fraction of sp³-hybridized carbons (Fsp3) is 0.429. The van der Waals surface area contributed by atoms with Gasteiger partial charge in [0.05, 0.1) is 17.8 Å². The Hall–Kier alpha value is -1.92. The Morgan fingerprint density at radius 3 is 2.80 bits per heavy atom. The fourth-order valence-corrected chi connectivity index (χ4v) is 2.55. The Morgan fingerprint density at radius 1 is 1.35 bits per heavy atom. The normalized spacial score (nSPS) is 18.9. The number of likely N-dealkylation sites (tertiary alicyclic amines) is 1. The van der Waals surface area contributed by atoms with E-state index in [1.54, 1.807) is 24.3 Å². The van der Waals surface area contributed by atoms with E-state index >= 15 is 0 Å². The third kappa shape index (κ3) is 3.34. The summed E-state index contributed by atoms with van der Waals surface area (Å²) in [5, 5.41) is 2.74. The molecule has 20 heavy (non-hydrogen) atoms. The van der Waals surface area contributed by atoms with Crippen molar-refractivity contribution in [1.82, 2.24) is 4.90 Å². The summed E-state index contributed by atoms with van der Waals surface area (Å²) in [6.07, 6.45) is 2.09. The Kier molecular flexibility index (Phi) is 4.70. The predicted octanol–water partition coefficient (Wildman–Crippen LogP) is 0.147. The average molecular weight is 276 g/mol. The average Bonchev–Trinajstić information content (AvgIpc) is 2.86. The maximum Gasteiger partial charge on any atom is 0.250 e. The minimum atomic E-state index is -0.554. The van der Waals surface area contributed by atoms with Gasteiger partial charge in [-0.25, -0.2) is 0 Å². The maximum absolute atomic E-state index is 12.1. The standard InChI is InChI=1S/C14H20N4O2/c15-8-10-4-3-7-18(10)9-13(19)17-12-6-2-1-5-11(12)14(16)20/h1-2,5-6,10H,3-4,7-9,15H2,(H2,16,20)(H,17,19). The first kappa shape index (κ1) is 14.5. The number of benzene rings is 1. The molecule has 1 aromatic carbocycles. The van der Waals surface area contributed by atoms with Gasteiger partial charge in [-0.05, 0) is 31.5 Å². The molecule has 6 nitrogen and oxygen atoms in total. The van der Waals surface area contributed by atoms with E-state index < -0.39 is 5.91 Å². The van der Waals surface area contributed by atoms with Crippen molar-refractivity contribution in [1.29, 1.82) is 0 Å². The summed E-state index contributed by atoms with van der Waals surface area (Å²) >= 11 is 0. The number of rotatable bonds is 5. The molecule has 1 unspecified atom stereocenters. The molecule has 0 aromatic heterocycles. The van der Waals surface area contributed by atoms with Crippen molar-refractivity contribution in [2.45, 2.75) is 18.9 Å². The molecule has 1 aliphatic heterocycles. The van der Waals surface area contributed by atoms with Crippen LogP contribution >= 0.6 is 0 Å². The number of carbonyl (C=O) groups excluding carboxylic acids is 2. The van der Waals surface area contributed by atoms with Crippen LogP contribution in [0.3, 0.4) is 0 Å². The number of primary amides is 1. The molecule has 6 heteroatoms. The molecule has 1 aromatic rings. The predicted molar refractivity (Wildman–Crippen MR) is 77.2 cm³/mol. The van der Waals surface area contributed by atoms with E-state index in [0.717, 1.165) is 19.4 Å². The van der Waals surface area contributed by atoms with Crippen LogP contribution in [0.25, 0.3) is 0 Å². The largest absolute Gasteiger partial charge is 0.366 e. The Morgan fingerprint density at radius 2 is 2.10 bits per heavy atom. The van der Waals surface area contributed by atoms with Crippen molar-refractivity contribution in [2.24, 2.45) is 11.5 Å². The Bertz CT molecular complexity index is 504. The molecule has 0 aliphatic carbocycles. The van der Waals surface area contributed by atoms with Crippen LogP contribution in [-0.2, 0) is 4.79 Å². The summed E-state index contributed by atoms with van der Waals surface area (Å²) in [7, 11) is 0. The van der Waals surface area contributed by atoms with Crippen molar-refractivity contribution in [3.63, 3.8) is 0 Å². The van der Waals surface area contributed by atoms with Gasteiger partial charge < -0.3 is 16.8 Å². The van der Waals surface area contributed by atoms with Crippen LogP contribution in [0.5, 0.6) is 0 Å². The third-order valence-electron chi connectivity index (χ3n) is 3.58. The number of nitrogens with zero attached hydrogens (tertiary/aromatic N) is 1. The number of hydrogen-bond acceptors (Lipinski definition) is 4. The van der Waals surface area contributed by atoms with Gasteiger partial charge in [0, 0.05) is 12.6 Å². The topological polar surface area (TPSA) is 101 Å². The highest BCUT2D eigenvalue weighted by Crippen LogP contribution is 2.17. The molecule has 0 spiro atoms. The number of carbonyl (C=O) groups is 2. The van der Waals surface area contributed by atoms with E-state index in [1.807, 2.05) is 0 Å². The molecule has 2 rings (SSSR count). The molecular formula is C14H20N4O2. The van der Waals surface area contributed by atoms with Crippen molar-refractivity contribution in [2.75, 3.05) is 25.0 Å². The Labute approximate surface area is 118 Å². The number of anilines is 1. The second-order valence-electron chi connectivity index (χ2n) is 4.96. The lowest BCUT2D eigenvalue weighted by Crippen LogP contribution is -2.40. The van der Waals surface area contributed by atoms with Gasteiger partial charge in [0.15, 0.2) is 0 Å². The van der Waals surface area contributed by atoms with Crippen LogP contribution in [0.4, 0.5) is 5.69 Å². The van der Waals surface area contributed by atoms with Crippen LogP contribution in [-0.4, -0.2) is 42.4 Å². The maximum atomic E-state index is 12.1. The first-order valence-corrected chi connectivity index (χ1v) is 6.74. The lowest BCUT2D eigenvalue weighted by atomic mass is 10.1. The van der Waals surface area contributed by atoms with Crippen LogP contribution in [0.2, 0.25) is 0 Å². The highest BCUT2D eigenvalue weighted by molar-refractivity contribution is 6.03. The summed E-state index contributed by atoms with van der Waals surface area (Å²) < 4.78 is 0. The van der Waals surface area contributed by atoms with Crippen LogP contribution in [0.1, 0.15) is 23.2 Å². The van der Waals surface area contributed by atoms with Gasteiger partial charge >= 0.3 is 0 Å². The van der Waals surface area contributed by atoms with Crippen molar-refractivity contribution in [3.05, 3.63) is 29.8 Å². The fourth-order valence-electron chi connectivity index (χ4n) is 2.55. The van der Waals surface area contributed by atoms with E-state index in [2.05, 4.69) is 10.2 Å². The van der Waals surface area contributed by atoms with Crippen LogP contribution < -0.4 is 16.8 Å². The highest BCUT2D eigenvalue weighted by atomic mass is 16.2. The third-order valence-corrected chi connectivity index (χ3v) is 3.58. The number of nitrogens with two attached hydrogens (primary N) is 2. The molecular weight excluding hydrogens is 256 g/mol. The minimum absolute atomic E-state index is 0.154. The van der Waals surface area contributed by atoms with Gasteiger partial charge in [-0.15, -0.1) is 0 Å². The van der Waals surface area contributed by atoms with E-state index in [1.165, 1.54) is 0 Å². The van der Waals surface area contributed by atoms with Gasteiger partial charge in [0.2, 0.25) is 5.91 Å². The molecule has 1 heterocycles. The highest BCUT2D eigenvalue weighted by Gasteiger charge is 2.25. The summed E-state index contributed by atoms with van der Waals surface area (Å²) in [6, 6.07) is 6.99. The lowest BCUT2D eigenvalue weighted by Gasteiger charge is -2.22. The Balaban J connectivity index is 2.00. The van der Waals surface area contributed by atoms with E-state index in [-0.39, 0.29) is 18.5 Å². The summed E-state index contributed by atoms with van der Waals surface area (Å²) in [5.41, 5.74) is 11.7. The zero-order valence-corrected chi connectivity index (χ0v) is 11.3. The van der Waals surface area contributed by atoms with Crippen molar-refractivity contribution < 1.29 is 9.59 Å². The van der Waals surface area contributed by atoms with E-state index in [9.17, 15) is 9.59 Å². The van der Waals surface area contributed by atoms with Gasteiger partial charge in [0.1, 0.15) is 0 Å². The van der Waals surface area contributed by atoms with Crippen LogP contribution in [0, 0.1) is 0 Å². The summed E-state index contributed by atoms with van der Waals surface area (Å²) in [6.45, 7) is 1.73. The molecule has 5 N–H and O–H groups in total. The molecule has 1 atom stereocenters. The SMILES string of the molecule is NCC1CCCN1CC(=O)Nc1ccccc1C(N)=O. The summed E-state index contributed by atoms with van der Waals surface area (Å²) in [5.74, 6) is -0.707. The first-order chi connectivity index (χ1) is 9.61.